The van der Waals surface area contributed by atoms with E-state index in [-0.39, 0.29) is 12.1 Å². The zero-order valence-corrected chi connectivity index (χ0v) is 11.8. The zero-order valence-electron chi connectivity index (χ0n) is 10.2. The molecule has 1 unspecified atom stereocenters. The van der Waals surface area contributed by atoms with Crippen molar-refractivity contribution in [2.75, 3.05) is 18.9 Å². The lowest BCUT2D eigenvalue weighted by Crippen LogP contribution is -2.46. The molecule has 0 saturated carbocycles. The van der Waals surface area contributed by atoms with Gasteiger partial charge in [-0.05, 0) is 32.0 Å². The average molecular weight is 275 g/mol. The van der Waals surface area contributed by atoms with Crippen molar-refractivity contribution in [2.45, 2.75) is 30.8 Å². The Morgan fingerprint density at radius 2 is 2.35 bits per heavy atom. The Morgan fingerprint density at radius 1 is 1.59 bits per heavy atom. The van der Waals surface area contributed by atoms with Crippen molar-refractivity contribution in [3.05, 3.63) is 23.4 Å². The molecule has 0 amide bonds. The molecule has 0 saturated heterocycles. The fourth-order valence-corrected chi connectivity index (χ4v) is 2.87. The summed E-state index contributed by atoms with van der Waals surface area (Å²) in [6.45, 7) is 5.05. The molecule has 0 radical (unpaired) electrons. The lowest BCUT2D eigenvalue weighted by atomic mass is 10.0. The van der Waals surface area contributed by atoms with Gasteiger partial charge in [0.25, 0.3) is 0 Å². The number of hydrogen-bond acceptors (Lipinski definition) is 4. The predicted octanol–water partition coefficient (Wildman–Crippen LogP) is 2.58. The molecular formula is C12H19ClN2OS. The van der Waals surface area contributed by atoms with Crippen LogP contribution in [0.2, 0.25) is 5.02 Å². The van der Waals surface area contributed by atoms with Gasteiger partial charge < -0.3 is 10.4 Å². The molecule has 96 valence electrons. The van der Waals surface area contributed by atoms with Crippen molar-refractivity contribution in [1.29, 1.82) is 0 Å². The number of nitrogens with zero attached hydrogens (tertiary/aromatic N) is 1. The number of likely N-dealkylation sites (N-methyl/N-ethyl adjacent to an activating group) is 1. The quantitative estimate of drug-likeness (QED) is 0.750. The van der Waals surface area contributed by atoms with E-state index in [4.69, 9.17) is 11.6 Å². The summed E-state index contributed by atoms with van der Waals surface area (Å²) in [5.74, 6) is 0.876. The van der Waals surface area contributed by atoms with Crippen LogP contribution in [0.5, 0.6) is 0 Å². The fourth-order valence-electron chi connectivity index (χ4n) is 1.50. The van der Waals surface area contributed by atoms with Crippen molar-refractivity contribution < 1.29 is 5.11 Å². The van der Waals surface area contributed by atoms with Crippen molar-refractivity contribution in [3.8, 4) is 0 Å². The molecule has 0 spiro atoms. The van der Waals surface area contributed by atoms with E-state index < -0.39 is 0 Å². The van der Waals surface area contributed by atoms with Crippen molar-refractivity contribution in [2.24, 2.45) is 0 Å². The molecule has 0 bridgehead atoms. The van der Waals surface area contributed by atoms with Crippen LogP contribution in [0.25, 0.3) is 0 Å². The molecule has 3 nitrogen and oxygen atoms in total. The van der Waals surface area contributed by atoms with Crippen LogP contribution in [-0.2, 0) is 0 Å². The Morgan fingerprint density at radius 3 is 2.94 bits per heavy atom. The molecule has 1 aromatic heterocycles. The molecule has 5 heteroatoms. The van der Waals surface area contributed by atoms with Gasteiger partial charge in [0.1, 0.15) is 5.03 Å². The van der Waals surface area contributed by atoms with Crippen molar-refractivity contribution in [1.82, 2.24) is 10.3 Å². The lowest BCUT2D eigenvalue weighted by molar-refractivity contribution is 0.173. The molecule has 0 aliphatic heterocycles. The highest BCUT2D eigenvalue weighted by molar-refractivity contribution is 7.99. The highest BCUT2D eigenvalue weighted by Crippen LogP contribution is 2.26. The third kappa shape index (κ3) is 4.84. The standard InChI is InChI=1S/C12H19ClN2OS/c1-3-15-12(2,9-16)6-8-17-11-10(13)5-4-7-14-11/h4-5,7,15-16H,3,6,8-9H2,1-2H3. The molecule has 2 N–H and O–H groups in total. The van der Waals surface area contributed by atoms with Crippen LogP contribution in [0.4, 0.5) is 0 Å². The Bertz CT molecular complexity index is 351. The minimum Gasteiger partial charge on any atom is -0.394 e. The third-order valence-corrected chi connectivity index (χ3v) is 3.99. The third-order valence-electron chi connectivity index (χ3n) is 2.57. The first-order valence-corrected chi connectivity index (χ1v) is 7.07. The number of rotatable bonds is 7. The molecule has 1 rings (SSSR count). The number of aliphatic hydroxyl groups is 1. The number of thioether (sulfide) groups is 1. The highest BCUT2D eigenvalue weighted by atomic mass is 35.5. The van der Waals surface area contributed by atoms with Gasteiger partial charge in [-0.1, -0.05) is 18.5 Å². The van der Waals surface area contributed by atoms with Gasteiger partial charge in [0, 0.05) is 17.5 Å². The normalized spacial score (nSPS) is 14.6. The maximum absolute atomic E-state index is 9.35. The first-order chi connectivity index (χ1) is 8.11. The monoisotopic (exact) mass is 274 g/mol. The van der Waals surface area contributed by atoms with Gasteiger partial charge in [0.05, 0.1) is 11.6 Å². The Hall–Kier alpha value is -0.290. The second kappa shape index (κ2) is 7.21. The van der Waals surface area contributed by atoms with Gasteiger partial charge >= 0.3 is 0 Å². The highest BCUT2D eigenvalue weighted by Gasteiger charge is 2.21. The molecule has 1 atom stereocenters. The summed E-state index contributed by atoms with van der Waals surface area (Å²) in [6, 6.07) is 3.66. The molecule has 0 aliphatic carbocycles. The maximum atomic E-state index is 9.35. The van der Waals surface area contributed by atoms with E-state index >= 15 is 0 Å². The molecule has 1 heterocycles. The summed E-state index contributed by atoms with van der Waals surface area (Å²) < 4.78 is 0. The Kier molecular flexibility index (Phi) is 6.27. The summed E-state index contributed by atoms with van der Waals surface area (Å²) in [5.41, 5.74) is -0.219. The van der Waals surface area contributed by atoms with E-state index in [1.54, 1.807) is 18.0 Å². The minimum atomic E-state index is -0.219. The first-order valence-electron chi connectivity index (χ1n) is 5.70. The topological polar surface area (TPSA) is 45.1 Å². The minimum absolute atomic E-state index is 0.136. The van der Waals surface area contributed by atoms with Gasteiger partial charge in [-0.3, -0.25) is 0 Å². The second-order valence-corrected chi connectivity index (χ2v) is 5.63. The summed E-state index contributed by atoms with van der Waals surface area (Å²) in [5, 5.41) is 14.2. The van der Waals surface area contributed by atoms with Crippen LogP contribution in [0.1, 0.15) is 20.3 Å². The molecule has 0 aromatic carbocycles. The summed E-state index contributed by atoms with van der Waals surface area (Å²) in [7, 11) is 0. The average Bonchev–Trinajstić information content (AvgIpc) is 2.32. The maximum Gasteiger partial charge on any atom is 0.115 e. The number of halogens is 1. The van der Waals surface area contributed by atoms with E-state index in [9.17, 15) is 5.11 Å². The van der Waals surface area contributed by atoms with Crippen LogP contribution < -0.4 is 5.32 Å². The van der Waals surface area contributed by atoms with Crippen molar-refractivity contribution >= 4 is 23.4 Å². The van der Waals surface area contributed by atoms with Crippen molar-refractivity contribution in [3.63, 3.8) is 0 Å². The van der Waals surface area contributed by atoms with Crippen LogP contribution in [0, 0.1) is 0 Å². The first kappa shape index (κ1) is 14.8. The van der Waals surface area contributed by atoms with Gasteiger partial charge in [0.2, 0.25) is 0 Å². The second-order valence-electron chi connectivity index (χ2n) is 4.14. The van der Waals surface area contributed by atoms with E-state index in [1.807, 2.05) is 26.0 Å². The molecular weight excluding hydrogens is 256 g/mol. The number of nitrogens with one attached hydrogen (secondary N) is 1. The van der Waals surface area contributed by atoms with Crippen LogP contribution in [0.15, 0.2) is 23.4 Å². The summed E-state index contributed by atoms with van der Waals surface area (Å²) >= 11 is 7.64. The van der Waals surface area contributed by atoms with Gasteiger partial charge in [-0.15, -0.1) is 11.8 Å². The predicted molar refractivity (Wildman–Crippen MR) is 73.8 cm³/mol. The van der Waals surface area contributed by atoms with E-state index in [0.29, 0.717) is 5.02 Å². The largest absolute Gasteiger partial charge is 0.394 e. The zero-order chi connectivity index (χ0) is 12.7. The Labute approximate surface area is 112 Å². The molecule has 0 aliphatic rings. The summed E-state index contributed by atoms with van der Waals surface area (Å²) in [4.78, 5) is 4.22. The lowest BCUT2D eigenvalue weighted by Gasteiger charge is -2.28. The van der Waals surface area contributed by atoms with E-state index in [2.05, 4.69) is 10.3 Å². The molecule has 1 aromatic rings. The van der Waals surface area contributed by atoms with Gasteiger partial charge in [-0.25, -0.2) is 4.98 Å². The van der Waals surface area contributed by atoms with Gasteiger partial charge in [0.15, 0.2) is 0 Å². The van der Waals surface area contributed by atoms with Crippen LogP contribution in [-0.4, -0.2) is 34.5 Å². The van der Waals surface area contributed by atoms with E-state index in [0.717, 1.165) is 23.7 Å². The number of hydrogen-bond donors (Lipinski definition) is 2. The number of pyridine rings is 1. The van der Waals surface area contributed by atoms with Crippen LogP contribution >= 0.6 is 23.4 Å². The fraction of sp³-hybridized carbons (Fsp3) is 0.583. The number of aliphatic hydroxyl groups excluding tert-OH is 1. The Balaban J connectivity index is 2.44. The smallest absolute Gasteiger partial charge is 0.115 e. The molecule has 17 heavy (non-hydrogen) atoms. The van der Waals surface area contributed by atoms with E-state index in [1.165, 1.54) is 0 Å². The number of aromatic nitrogens is 1. The molecule has 0 fully saturated rings. The van der Waals surface area contributed by atoms with Crippen LogP contribution in [0.3, 0.4) is 0 Å². The SMILES string of the molecule is CCNC(C)(CO)CCSc1ncccc1Cl. The van der Waals surface area contributed by atoms with Gasteiger partial charge in [-0.2, -0.15) is 0 Å². The summed E-state index contributed by atoms with van der Waals surface area (Å²) in [6.07, 6.45) is 2.61.